The molecule has 1 saturated heterocycles. The number of nitrogens with zero attached hydrogens (tertiary/aromatic N) is 2. The number of aromatic nitrogens is 1. The van der Waals surface area contributed by atoms with Gasteiger partial charge in [0.25, 0.3) is 0 Å². The molecule has 0 bridgehead atoms. The van der Waals surface area contributed by atoms with Gasteiger partial charge in [-0.2, -0.15) is 13.2 Å². The summed E-state index contributed by atoms with van der Waals surface area (Å²) in [4.78, 5) is 5.62. The number of aliphatic hydroxyl groups is 1. The molecule has 1 aromatic heterocycles. The van der Waals surface area contributed by atoms with Gasteiger partial charge in [-0.3, -0.25) is 0 Å². The molecule has 0 aliphatic carbocycles. The molecule has 106 valence electrons. The fourth-order valence-electron chi connectivity index (χ4n) is 2.19. The number of alkyl halides is 3. The average Bonchev–Trinajstić information content (AvgIpc) is 2.76. The Balaban J connectivity index is 2.19. The van der Waals surface area contributed by atoms with E-state index >= 15 is 0 Å². The van der Waals surface area contributed by atoms with Crippen LogP contribution in [0.3, 0.4) is 0 Å². The van der Waals surface area contributed by atoms with Gasteiger partial charge in [0.1, 0.15) is 5.82 Å². The summed E-state index contributed by atoms with van der Waals surface area (Å²) in [5.74, 6) is 0.443. The normalized spacial score (nSPS) is 21.8. The number of hydrogen-bond donors (Lipinski definition) is 1. The van der Waals surface area contributed by atoms with Crippen LogP contribution in [0.25, 0.3) is 0 Å². The van der Waals surface area contributed by atoms with Crippen molar-refractivity contribution in [1.29, 1.82) is 0 Å². The molecule has 3 nitrogen and oxygen atoms in total. The average molecular weight is 295 g/mol. The second-order valence-electron chi connectivity index (χ2n) is 4.76. The van der Waals surface area contributed by atoms with Gasteiger partial charge in [0.15, 0.2) is 0 Å². The molecule has 0 radical (unpaired) electrons. The van der Waals surface area contributed by atoms with Crippen molar-refractivity contribution in [2.24, 2.45) is 5.92 Å². The summed E-state index contributed by atoms with van der Waals surface area (Å²) >= 11 is 5.88. The summed E-state index contributed by atoms with van der Waals surface area (Å²) in [5.41, 5.74) is -0.854. The Bertz CT molecular complexity index is 465. The largest absolute Gasteiger partial charge is 0.417 e. The minimum absolute atomic E-state index is 0.0129. The smallest absolute Gasteiger partial charge is 0.393 e. The highest BCUT2D eigenvalue weighted by molar-refractivity contribution is 6.33. The molecule has 1 fully saturated rings. The molecule has 0 spiro atoms. The van der Waals surface area contributed by atoms with E-state index in [9.17, 15) is 18.3 Å². The van der Waals surface area contributed by atoms with Crippen molar-refractivity contribution >= 4 is 17.4 Å². The summed E-state index contributed by atoms with van der Waals surface area (Å²) < 4.78 is 37.5. The van der Waals surface area contributed by atoms with Crippen LogP contribution < -0.4 is 4.90 Å². The Morgan fingerprint density at radius 2 is 2.21 bits per heavy atom. The zero-order valence-corrected chi connectivity index (χ0v) is 11.0. The zero-order chi connectivity index (χ0) is 14.2. The van der Waals surface area contributed by atoms with Crippen LogP contribution in [-0.4, -0.2) is 29.3 Å². The van der Waals surface area contributed by atoms with Crippen molar-refractivity contribution in [2.75, 3.05) is 18.0 Å². The third kappa shape index (κ3) is 3.12. The van der Waals surface area contributed by atoms with E-state index in [4.69, 9.17) is 11.6 Å². The van der Waals surface area contributed by atoms with Gasteiger partial charge in [0, 0.05) is 25.2 Å². The second kappa shape index (κ2) is 5.17. The first-order chi connectivity index (χ1) is 8.79. The molecule has 7 heteroatoms. The molecule has 2 rings (SSSR count). The molecule has 1 aliphatic rings. The van der Waals surface area contributed by atoms with Crippen molar-refractivity contribution in [3.8, 4) is 0 Å². The van der Waals surface area contributed by atoms with Crippen LogP contribution in [0.1, 0.15) is 18.9 Å². The van der Waals surface area contributed by atoms with Crippen molar-refractivity contribution in [3.05, 3.63) is 22.8 Å². The Morgan fingerprint density at radius 1 is 1.53 bits per heavy atom. The van der Waals surface area contributed by atoms with Crippen LogP contribution in [0, 0.1) is 5.92 Å². The summed E-state index contributed by atoms with van der Waals surface area (Å²) in [5, 5.41) is 9.50. The number of hydrogen-bond acceptors (Lipinski definition) is 3. The maximum atomic E-state index is 12.5. The standard InChI is InChI=1S/C12H14ClF3N2O/c1-7(19)8-2-3-18(6-8)11-10(13)4-9(5-17-11)12(14,15)16/h4-5,7-8,19H,2-3,6H2,1H3. The lowest BCUT2D eigenvalue weighted by molar-refractivity contribution is -0.137. The Labute approximate surface area is 114 Å². The lowest BCUT2D eigenvalue weighted by Crippen LogP contribution is -2.25. The molecule has 2 unspecified atom stereocenters. The Kier molecular flexibility index (Phi) is 3.92. The first kappa shape index (κ1) is 14.4. The lowest BCUT2D eigenvalue weighted by atomic mass is 10.0. The highest BCUT2D eigenvalue weighted by Crippen LogP contribution is 2.35. The van der Waals surface area contributed by atoms with E-state index in [1.165, 1.54) is 0 Å². The van der Waals surface area contributed by atoms with Gasteiger partial charge in [-0.25, -0.2) is 4.98 Å². The fraction of sp³-hybridized carbons (Fsp3) is 0.583. The van der Waals surface area contributed by atoms with E-state index in [1.807, 2.05) is 0 Å². The predicted octanol–water partition coefficient (Wildman–Crippen LogP) is 2.96. The summed E-state index contributed by atoms with van der Waals surface area (Å²) in [7, 11) is 0. The third-order valence-corrected chi connectivity index (χ3v) is 3.63. The monoisotopic (exact) mass is 294 g/mol. The number of pyridine rings is 1. The van der Waals surface area contributed by atoms with Crippen molar-refractivity contribution in [2.45, 2.75) is 25.6 Å². The summed E-state index contributed by atoms with van der Waals surface area (Å²) in [6.45, 7) is 2.89. The lowest BCUT2D eigenvalue weighted by Gasteiger charge is -2.20. The molecule has 19 heavy (non-hydrogen) atoms. The molecule has 2 heterocycles. The molecule has 1 aromatic rings. The minimum Gasteiger partial charge on any atom is -0.393 e. The van der Waals surface area contributed by atoms with E-state index in [0.717, 1.165) is 18.7 Å². The predicted molar refractivity (Wildman–Crippen MR) is 66.2 cm³/mol. The molecule has 1 aliphatic heterocycles. The van der Waals surface area contributed by atoms with E-state index in [1.54, 1.807) is 11.8 Å². The summed E-state index contributed by atoms with van der Waals surface area (Å²) in [6.07, 6.45) is -3.33. The van der Waals surface area contributed by atoms with Gasteiger partial charge < -0.3 is 10.0 Å². The van der Waals surface area contributed by atoms with E-state index < -0.39 is 17.8 Å². The molecular weight excluding hydrogens is 281 g/mol. The van der Waals surface area contributed by atoms with E-state index in [-0.39, 0.29) is 10.9 Å². The third-order valence-electron chi connectivity index (χ3n) is 3.36. The topological polar surface area (TPSA) is 36.4 Å². The Hall–Kier alpha value is -1.01. The molecule has 0 saturated carbocycles. The van der Waals surface area contributed by atoms with Gasteiger partial charge in [0.2, 0.25) is 0 Å². The first-order valence-corrected chi connectivity index (χ1v) is 6.32. The van der Waals surface area contributed by atoms with Crippen LogP contribution >= 0.6 is 11.6 Å². The van der Waals surface area contributed by atoms with Crippen molar-refractivity contribution in [1.82, 2.24) is 4.98 Å². The van der Waals surface area contributed by atoms with Gasteiger partial charge in [-0.15, -0.1) is 0 Å². The first-order valence-electron chi connectivity index (χ1n) is 5.95. The van der Waals surface area contributed by atoms with Crippen LogP contribution in [-0.2, 0) is 6.18 Å². The molecular formula is C12H14ClF3N2O. The maximum absolute atomic E-state index is 12.5. The number of rotatable bonds is 2. The van der Waals surface area contributed by atoms with Crippen LogP contribution in [0.4, 0.5) is 19.0 Å². The Morgan fingerprint density at radius 3 is 2.68 bits per heavy atom. The van der Waals surface area contributed by atoms with Crippen molar-refractivity contribution in [3.63, 3.8) is 0 Å². The maximum Gasteiger partial charge on any atom is 0.417 e. The zero-order valence-electron chi connectivity index (χ0n) is 10.3. The van der Waals surface area contributed by atoms with Gasteiger partial charge in [-0.05, 0) is 19.4 Å². The van der Waals surface area contributed by atoms with Crippen LogP contribution in [0.5, 0.6) is 0 Å². The van der Waals surface area contributed by atoms with E-state index in [0.29, 0.717) is 18.9 Å². The fourth-order valence-corrected chi connectivity index (χ4v) is 2.48. The van der Waals surface area contributed by atoms with Crippen molar-refractivity contribution < 1.29 is 18.3 Å². The summed E-state index contributed by atoms with van der Waals surface area (Å²) in [6, 6.07) is 0.888. The SMILES string of the molecule is CC(O)C1CCN(c2ncc(C(F)(F)F)cc2Cl)C1. The quantitative estimate of drug-likeness (QED) is 0.911. The molecule has 1 N–H and O–H groups in total. The second-order valence-corrected chi connectivity index (χ2v) is 5.17. The number of halogens is 4. The number of anilines is 1. The highest BCUT2D eigenvalue weighted by atomic mass is 35.5. The molecule has 0 aromatic carbocycles. The van der Waals surface area contributed by atoms with Crippen LogP contribution in [0.15, 0.2) is 12.3 Å². The highest BCUT2D eigenvalue weighted by Gasteiger charge is 2.33. The van der Waals surface area contributed by atoms with E-state index in [2.05, 4.69) is 4.98 Å². The van der Waals surface area contributed by atoms with Gasteiger partial charge in [0.05, 0.1) is 16.7 Å². The molecule has 0 amide bonds. The van der Waals surface area contributed by atoms with Gasteiger partial charge >= 0.3 is 6.18 Å². The van der Waals surface area contributed by atoms with Gasteiger partial charge in [-0.1, -0.05) is 11.6 Å². The molecule has 2 atom stereocenters. The minimum atomic E-state index is -4.44. The number of aliphatic hydroxyl groups excluding tert-OH is 1. The van der Waals surface area contributed by atoms with Crippen LogP contribution in [0.2, 0.25) is 5.02 Å².